The van der Waals surface area contributed by atoms with E-state index in [1.807, 2.05) is 12.1 Å². The molecule has 16 heavy (non-hydrogen) atoms. The first-order valence-electron chi connectivity index (χ1n) is 5.52. The van der Waals surface area contributed by atoms with Gasteiger partial charge in [0.05, 0.1) is 26.2 Å². The predicted molar refractivity (Wildman–Crippen MR) is 60.0 cm³/mol. The minimum Gasteiger partial charge on any atom is -0.360 e. The molecule has 0 spiro atoms. The van der Waals surface area contributed by atoms with E-state index >= 15 is 0 Å². The van der Waals surface area contributed by atoms with E-state index in [2.05, 4.69) is 9.88 Å². The minimum absolute atomic E-state index is 0.0236. The number of halogens is 2. The highest BCUT2D eigenvalue weighted by Gasteiger charge is 2.26. The quantitative estimate of drug-likeness (QED) is 0.717. The average Bonchev–Trinajstić information content (AvgIpc) is 2.30. The van der Waals surface area contributed by atoms with Crippen molar-refractivity contribution in [1.82, 2.24) is 4.98 Å². The van der Waals surface area contributed by atoms with Crippen LogP contribution in [0.3, 0.4) is 0 Å². The van der Waals surface area contributed by atoms with Crippen molar-refractivity contribution < 1.29 is 13.5 Å². The first-order valence-corrected chi connectivity index (χ1v) is 5.52. The summed E-state index contributed by atoms with van der Waals surface area (Å²) in [5.41, 5.74) is 1.13. The van der Waals surface area contributed by atoms with E-state index in [0.717, 1.165) is 36.8 Å². The van der Waals surface area contributed by atoms with Gasteiger partial charge in [0.25, 0.3) is 0 Å². The summed E-state index contributed by atoms with van der Waals surface area (Å²) in [4.78, 5) is 7.18. The molecule has 2 rings (SSSR count). The first kappa shape index (κ1) is 11.3. The van der Waals surface area contributed by atoms with Gasteiger partial charge in [-0.2, -0.15) is 0 Å². The summed E-state index contributed by atoms with van der Waals surface area (Å²) in [6.07, 6.45) is 3.49. The van der Waals surface area contributed by atoms with Crippen LogP contribution in [0.1, 0.15) is 0 Å². The zero-order valence-corrected chi connectivity index (χ0v) is 9.07. The molecular formula is C10H15BF2N3+. The second-order valence-electron chi connectivity index (χ2n) is 4.04. The van der Waals surface area contributed by atoms with E-state index < -0.39 is 7.27 Å². The Bertz CT molecular complexity index is 315. The Morgan fingerprint density at radius 1 is 1.25 bits per heavy atom. The van der Waals surface area contributed by atoms with Gasteiger partial charge in [-0.15, -0.1) is 0 Å². The molecule has 2 heterocycles. The van der Waals surface area contributed by atoms with Gasteiger partial charge in [-0.3, -0.25) is 13.6 Å². The Balaban J connectivity index is 1.86. The zero-order chi connectivity index (χ0) is 11.4. The number of anilines is 1. The van der Waals surface area contributed by atoms with Crippen LogP contribution < -0.4 is 9.80 Å². The van der Waals surface area contributed by atoms with E-state index in [4.69, 9.17) is 0 Å². The number of nitrogens with zero attached hydrogens (tertiary/aromatic N) is 2. The van der Waals surface area contributed by atoms with Gasteiger partial charge in [0.2, 0.25) is 0 Å². The number of pyridine rings is 1. The van der Waals surface area contributed by atoms with Crippen molar-refractivity contribution in [2.75, 3.05) is 37.5 Å². The molecule has 0 bridgehead atoms. The summed E-state index contributed by atoms with van der Waals surface area (Å²) < 4.78 is 24.4. The number of aromatic nitrogens is 1. The highest BCUT2D eigenvalue weighted by molar-refractivity contribution is 6.42. The number of rotatable bonds is 3. The lowest BCUT2D eigenvalue weighted by Gasteiger charge is -2.33. The molecule has 1 aromatic rings. The zero-order valence-electron chi connectivity index (χ0n) is 9.07. The summed E-state index contributed by atoms with van der Waals surface area (Å²) in [5.74, 6) is 0. The fraction of sp³-hybridized carbons (Fsp3) is 0.500. The Labute approximate surface area is 94.2 Å². The van der Waals surface area contributed by atoms with Gasteiger partial charge in [-0.05, 0) is 12.1 Å². The maximum Gasteiger partial charge on any atom is 0.592 e. The molecule has 0 amide bonds. The summed E-state index contributed by atoms with van der Waals surface area (Å²) in [6.45, 7) is 3.25. The van der Waals surface area contributed by atoms with Gasteiger partial charge in [-0.25, -0.2) is 0 Å². The Hall–Kier alpha value is -1.17. The molecule has 1 aromatic heterocycles. The molecule has 0 aliphatic carbocycles. The van der Waals surface area contributed by atoms with Gasteiger partial charge in [-0.1, -0.05) is 0 Å². The van der Waals surface area contributed by atoms with Gasteiger partial charge >= 0.3 is 7.27 Å². The normalized spacial score (nSPS) is 17.5. The number of quaternary nitrogens is 1. The van der Waals surface area contributed by atoms with Crippen molar-refractivity contribution in [2.24, 2.45) is 0 Å². The van der Waals surface area contributed by atoms with E-state index in [1.54, 1.807) is 12.4 Å². The summed E-state index contributed by atoms with van der Waals surface area (Å²) >= 11 is 0. The third-order valence-electron chi connectivity index (χ3n) is 2.94. The maximum absolute atomic E-state index is 12.2. The fourth-order valence-corrected chi connectivity index (χ4v) is 2.06. The van der Waals surface area contributed by atoms with Crippen molar-refractivity contribution in [1.29, 1.82) is 0 Å². The van der Waals surface area contributed by atoms with Crippen LogP contribution in [0.15, 0.2) is 24.5 Å². The highest BCUT2D eigenvalue weighted by atomic mass is 19.2. The van der Waals surface area contributed by atoms with Crippen molar-refractivity contribution in [3.05, 3.63) is 24.5 Å². The number of hydrogen-bond acceptors (Lipinski definition) is 2. The summed E-state index contributed by atoms with van der Waals surface area (Å²) in [5, 5.41) is 0. The molecule has 0 radical (unpaired) electrons. The second-order valence-corrected chi connectivity index (χ2v) is 4.04. The molecule has 1 saturated heterocycles. The van der Waals surface area contributed by atoms with Crippen LogP contribution in [0.25, 0.3) is 0 Å². The Kier molecular flexibility index (Phi) is 3.72. The van der Waals surface area contributed by atoms with Crippen molar-refractivity contribution in [3.8, 4) is 0 Å². The largest absolute Gasteiger partial charge is 0.592 e. The van der Waals surface area contributed by atoms with Crippen LogP contribution >= 0.6 is 0 Å². The molecule has 0 atom stereocenters. The smallest absolute Gasteiger partial charge is 0.360 e. The fourth-order valence-electron chi connectivity index (χ4n) is 2.06. The van der Waals surface area contributed by atoms with Crippen LogP contribution in [0.5, 0.6) is 0 Å². The highest BCUT2D eigenvalue weighted by Crippen LogP contribution is 2.11. The molecule has 1 N–H and O–H groups in total. The Morgan fingerprint density at radius 3 is 2.44 bits per heavy atom. The monoisotopic (exact) mass is 226 g/mol. The molecule has 6 heteroatoms. The summed E-state index contributed by atoms with van der Waals surface area (Å²) in [7, 11) is -2.19. The number of hydrogen-bond donors (Lipinski definition) is 1. The molecule has 1 aliphatic heterocycles. The lowest BCUT2D eigenvalue weighted by Crippen LogP contribution is -3.16. The first-order chi connectivity index (χ1) is 7.75. The standard InChI is InChI=1S/C10H14BF2N3/c12-11(13)9-15-5-7-16(8-6-15)10-1-3-14-4-2-10/h1-4H,5-9H2/p+1. The molecule has 0 saturated carbocycles. The van der Waals surface area contributed by atoms with Gasteiger partial charge < -0.3 is 9.80 Å². The number of nitrogens with one attached hydrogen (secondary N) is 1. The topological polar surface area (TPSA) is 20.6 Å². The molecule has 1 fully saturated rings. The van der Waals surface area contributed by atoms with Crippen LogP contribution in [0, 0.1) is 0 Å². The molecule has 0 aromatic carbocycles. The molecule has 86 valence electrons. The van der Waals surface area contributed by atoms with Gasteiger partial charge in [0, 0.05) is 18.1 Å². The number of piperazine rings is 1. The second kappa shape index (κ2) is 5.25. The van der Waals surface area contributed by atoms with E-state index in [9.17, 15) is 8.63 Å². The van der Waals surface area contributed by atoms with Crippen LogP contribution in [0.4, 0.5) is 14.3 Å². The van der Waals surface area contributed by atoms with E-state index in [-0.39, 0.29) is 6.44 Å². The molecule has 0 unspecified atom stereocenters. The lowest BCUT2D eigenvalue weighted by molar-refractivity contribution is -0.891. The van der Waals surface area contributed by atoms with E-state index in [1.165, 1.54) is 0 Å². The van der Waals surface area contributed by atoms with Crippen molar-refractivity contribution >= 4 is 13.0 Å². The summed E-state index contributed by atoms with van der Waals surface area (Å²) in [6, 6.07) is 3.91. The average molecular weight is 226 g/mol. The molecular weight excluding hydrogens is 211 g/mol. The van der Waals surface area contributed by atoms with Crippen LogP contribution in [0.2, 0.25) is 0 Å². The predicted octanol–water partition coefficient (Wildman–Crippen LogP) is -0.247. The van der Waals surface area contributed by atoms with Crippen molar-refractivity contribution in [2.45, 2.75) is 0 Å². The van der Waals surface area contributed by atoms with Gasteiger partial charge in [0.1, 0.15) is 6.44 Å². The van der Waals surface area contributed by atoms with Gasteiger partial charge in [0.15, 0.2) is 0 Å². The third kappa shape index (κ3) is 2.91. The molecule has 1 aliphatic rings. The maximum atomic E-state index is 12.2. The van der Waals surface area contributed by atoms with E-state index in [0.29, 0.717) is 0 Å². The molecule has 3 nitrogen and oxygen atoms in total. The lowest BCUT2D eigenvalue weighted by atomic mass is 9.98. The van der Waals surface area contributed by atoms with Crippen molar-refractivity contribution in [3.63, 3.8) is 0 Å². The minimum atomic E-state index is -2.19. The van der Waals surface area contributed by atoms with Crippen LogP contribution in [-0.2, 0) is 0 Å². The SMILES string of the molecule is FB(F)C[NH+]1CCN(c2ccncc2)CC1. The third-order valence-corrected chi connectivity index (χ3v) is 2.94. The Morgan fingerprint density at radius 2 is 1.88 bits per heavy atom. The van der Waals surface area contributed by atoms with Crippen LogP contribution in [-0.4, -0.2) is 44.9 Å².